The molecule has 0 rings (SSSR count). The molecule has 0 aliphatic heterocycles. The predicted octanol–water partition coefficient (Wildman–Crippen LogP) is 3.01. The first-order valence-electron chi connectivity index (χ1n) is 5.02. The molecule has 0 N–H and O–H groups in total. The summed E-state index contributed by atoms with van der Waals surface area (Å²) in [6, 6.07) is 0. The first-order valence-corrected chi connectivity index (χ1v) is 5.02. The maximum absolute atomic E-state index is 5.80. The van der Waals surface area contributed by atoms with Crippen LogP contribution >= 0.6 is 0 Å². The molecule has 13 heavy (non-hydrogen) atoms. The normalized spacial score (nSPS) is 13.4. The summed E-state index contributed by atoms with van der Waals surface area (Å²) >= 11 is 0. The molecule has 0 fully saturated rings. The van der Waals surface area contributed by atoms with Crippen LogP contribution in [0, 0.1) is 0 Å². The van der Waals surface area contributed by atoms with Crippen molar-refractivity contribution in [3.05, 3.63) is 0 Å². The Balaban J connectivity index is 3.86. The van der Waals surface area contributed by atoms with E-state index < -0.39 is 0 Å². The third kappa shape index (κ3) is 6.05. The zero-order chi connectivity index (χ0) is 10.5. The van der Waals surface area contributed by atoms with Gasteiger partial charge in [0.15, 0.2) is 0 Å². The molecule has 0 saturated heterocycles. The van der Waals surface area contributed by atoms with Crippen LogP contribution in [-0.4, -0.2) is 24.9 Å². The van der Waals surface area contributed by atoms with Gasteiger partial charge in [0, 0.05) is 7.11 Å². The number of rotatable bonds is 6. The Morgan fingerprint density at radius 1 is 1.00 bits per heavy atom. The Morgan fingerprint density at radius 2 is 1.54 bits per heavy atom. The second kappa shape index (κ2) is 4.97. The molecule has 0 amide bonds. The summed E-state index contributed by atoms with van der Waals surface area (Å²) in [5, 5.41) is 0. The summed E-state index contributed by atoms with van der Waals surface area (Å²) in [4.78, 5) is 0. The molecule has 0 aromatic carbocycles. The van der Waals surface area contributed by atoms with Crippen molar-refractivity contribution < 1.29 is 9.47 Å². The highest BCUT2D eigenvalue weighted by Gasteiger charge is 2.23. The summed E-state index contributed by atoms with van der Waals surface area (Å²) < 4.78 is 11.1. The van der Waals surface area contributed by atoms with Gasteiger partial charge in [-0.2, -0.15) is 0 Å². The van der Waals surface area contributed by atoms with Gasteiger partial charge >= 0.3 is 0 Å². The minimum atomic E-state index is -0.176. The van der Waals surface area contributed by atoms with Gasteiger partial charge in [-0.1, -0.05) is 13.3 Å². The molecular formula is C11H24O2. The van der Waals surface area contributed by atoms with Gasteiger partial charge in [0.25, 0.3) is 0 Å². The Kier molecular flexibility index (Phi) is 4.93. The fourth-order valence-electron chi connectivity index (χ4n) is 1.10. The van der Waals surface area contributed by atoms with E-state index >= 15 is 0 Å². The molecule has 2 heteroatoms. The van der Waals surface area contributed by atoms with Crippen LogP contribution in [0.25, 0.3) is 0 Å². The third-order valence-corrected chi connectivity index (χ3v) is 2.22. The summed E-state index contributed by atoms with van der Waals surface area (Å²) in [6.07, 6.45) is 2.24. The molecule has 0 aliphatic rings. The smallest absolute Gasteiger partial charge is 0.0855 e. The lowest BCUT2D eigenvalue weighted by atomic mass is 10.0. The van der Waals surface area contributed by atoms with Gasteiger partial charge in [-0.3, -0.25) is 0 Å². The molecule has 2 nitrogen and oxygen atoms in total. The van der Waals surface area contributed by atoms with Crippen LogP contribution in [0.5, 0.6) is 0 Å². The predicted molar refractivity (Wildman–Crippen MR) is 56.0 cm³/mol. The van der Waals surface area contributed by atoms with Crippen LogP contribution in [0.4, 0.5) is 0 Å². The summed E-state index contributed by atoms with van der Waals surface area (Å²) in [5.74, 6) is 0. The van der Waals surface area contributed by atoms with Gasteiger partial charge < -0.3 is 9.47 Å². The van der Waals surface area contributed by atoms with Crippen LogP contribution in [-0.2, 0) is 9.47 Å². The van der Waals surface area contributed by atoms with Crippen LogP contribution in [0.3, 0.4) is 0 Å². The van der Waals surface area contributed by atoms with Crippen molar-refractivity contribution in [2.24, 2.45) is 0 Å². The van der Waals surface area contributed by atoms with Crippen molar-refractivity contribution in [2.45, 2.75) is 58.7 Å². The SMILES string of the molecule is CCCC(C)(C)OCC(C)(C)OC. The second-order valence-corrected chi connectivity index (χ2v) is 4.76. The van der Waals surface area contributed by atoms with Crippen molar-refractivity contribution in [3.63, 3.8) is 0 Å². The fourth-order valence-corrected chi connectivity index (χ4v) is 1.10. The molecule has 0 radical (unpaired) electrons. The van der Waals surface area contributed by atoms with Crippen molar-refractivity contribution in [3.8, 4) is 0 Å². The molecule has 0 unspecified atom stereocenters. The summed E-state index contributed by atoms with van der Waals surface area (Å²) in [5.41, 5.74) is -0.199. The van der Waals surface area contributed by atoms with Crippen LogP contribution in [0.1, 0.15) is 47.5 Å². The van der Waals surface area contributed by atoms with Gasteiger partial charge in [0.1, 0.15) is 0 Å². The van der Waals surface area contributed by atoms with Crippen molar-refractivity contribution in [1.82, 2.24) is 0 Å². The van der Waals surface area contributed by atoms with Crippen LogP contribution in [0.2, 0.25) is 0 Å². The lowest BCUT2D eigenvalue weighted by molar-refractivity contribution is -0.108. The fraction of sp³-hybridized carbons (Fsp3) is 1.00. The zero-order valence-electron chi connectivity index (χ0n) is 9.94. The van der Waals surface area contributed by atoms with Gasteiger partial charge in [-0.05, 0) is 34.1 Å². The molecule has 0 aromatic heterocycles. The molecule has 0 bridgehead atoms. The van der Waals surface area contributed by atoms with E-state index in [4.69, 9.17) is 9.47 Å². The minimum absolute atomic E-state index is 0.0233. The van der Waals surface area contributed by atoms with E-state index in [0.29, 0.717) is 6.61 Å². The average molecular weight is 188 g/mol. The highest BCUT2D eigenvalue weighted by molar-refractivity contribution is 4.72. The topological polar surface area (TPSA) is 18.5 Å². The van der Waals surface area contributed by atoms with E-state index in [0.717, 1.165) is 12.8 Å². The molecular weight excluding hydrogens is 164 g/mol. The van der Waals surface area contributed by atoms with Crippen molar-refractivity contribution in [2.75, 3.05) is 13.7 Å². The Labute approximate surface area is 82.6 Å². The van der Waals surface area contributed by atoms with Crippen LogP contribution in [0.15, 0.2) is 0 Å². The first-order chi connectivity index (χ1) is 5.83. The molecule has 0 aliphatic carbocycles. The number of hydrogen-bond donors (Lipinski definition) is 0. The van der Waals surface area contributed by atoms with E-state index in [-0.39, 0.29) is 11.2 Å². The Hall–Kier alpha value is -0.0800. The number of hydrogen-bond acceptors (Lipinski definition) is 2. The van der Waals surface area contributed by atoms with Gasteiger partial charge in [0.05, 0.1) is 17.8 Å². The minimum Gasteiger partial charge on any atom is -0.376 e. The molecule has 0 heterocycles. The number of methoxy groups -OCH3 is 1. The summed E-state index contributed by atoms with van der Waals surface area (Å²) in [7, 11) is 1.72. The standard InChI is InChI=1S/C11H24O2/c1-7-8-10(2,3)13-9-11(4,5)12-6/h7-9H2,1-6H3. The van der Waals surface area contributed by atoms with Gasteiger partial charge in [-0.15, -0.1) is 0 Å². The van der Waals surface area contributed by atoms with Crippen molar-refractivity contribution in [1.29, 1.82) is 0 Å². The molecule has 0 spiro atoms. The third-order valence-electron chi connectivity index (χ3n) is 2.22. The zero-order valence-corrected chi connectivity index (χ0v) is 9.94. The average Bonchev–Trinajstić information content (AvgIpc) is 2.02. The number of ether oxygens (including phenoxy) is 2. The molecule has 0 aromatic rings. The largest absolute Gasteiger partial charge is 0.376 e. The lowest BCUT2D eigenvalue weighted by Gasteiger charge is -2.30. The first kappa shape index (κ1) is 12.9. The Morgan fingerprint density at radius 3 is 1.92 bits per heavy atom. The second-order valence-electron chi connectivity index (χ2n) is 4.76. The highest BCUT2D eigenvalue weighted by atomic mass is 16.5. The Bertz CT molecular complexity index is 139. The summed E-state index contributed by atoms with van der Waals surface area (Å²) in [6.45, 7) is 11.2. The molecule has 0 atom stereocenters. The lowest BCUT2D eigenvalue weighted by Crippen LogP contribution is -2.35. The highest BCUT2D eigenvalue weighted by Crippen LogP contribution is 2.19. The van der Waals surface area contributed by atoms with E-state index in [1.807, 2.05) is 13.8 Å². The van der Waals surface area contributed by atoms with E-state index in [9.17, 15) is 0 Å². The molecule has 0 saturated carbocycles. The monoisotopic (exact) mass is 188 g/mol. The molecule has 80 valence electrons. The van der Waals surface area contributed by atoms with Crippen molar-refractivity contribution >= 4 is 0 Å². The van der Waals surface area contributed by atoms with Crippen LogP contribution < -0.4 is 0 Å². The van der Waals surface area contributed by atoms with E-state index in [2.05, 4.69) is 20.8 Å². The van der Waals surface area contributed by atoms with Gasteiger partial charge in [0.2, 0.25) is 0 Å². The van der Waals surface area contributed by atoms with E-state index in [1.54, 1.807) is 7.11 Å². The van der Waals surface area contributed by atoms with E-state index in [1.165, 1.54) is 0 Å². The van der Waals surface area contributed by atoms with Gasteiger partial charge in [-0.25, -0.2) is 0 Å². The maximum atomic E-state index is 5.80. The quantitative estimate of drug-likeness (QED) is 0.638. The maximum Gasteiger partial charge on any atom is 0.0855 e.